The average Bonchev–Trinajstić information content (AvgIpc) is 2.40. The number of hydrogen-bond donors (Lipinski definition) is 3. The molecule has 0 spiro atoms. The normalized spacial score (nSPS) is 23.6. The van der Waals surface area contributed by atoms with E-state index in [1.807, 2.05) is 0 Å². The van der Waals surface area contributed by atoms with Crippen LogP contribution in [-0.4, -0.2) is 28.5 Å². The molecule has 0 aliphatic heterocycles. The molecule has 0 aromatic carbocycles. The van der Waals surface area contributed by atoms with E-state index in [0.717, 1.165) is 25.5 Å². The highest BCUT2D eigenvalue weighted by atomic mass is 16.2. The van der Waals surface area contributed by atoms with Crippen LogP contribution in [0.3, 0.4) is 0 Å². The van der Waals surface area contributed by atoms with Gasteiger partial charge in [0.2, 0.25) is 0 Å². The van der Waals surface area contributed by atoms with E-state index >= 15 is 0 Å². The van der Waals surface area contributed by atoms with Gasteiger partial charge in [-0.05, 0) is 25.3 Å². The zero-order valence-electron chi connectivity index (χ0n) is 10.2. The second-order valence-corrected chi connectivity index (χ2v) is 4.66. The third-order valence-corrected chi connectivity index (χ3v) is 3.43. The summed E-state index contributed by atoms with van der Waals surface area (Å²) >= 11 is 0. The van der Waals surface area contributed by atoms with Crippen LogP contribution in [0.5, 0.6) is 0 Å². The summed E-state index contributed by atoms with van der Waals surface area (Å²) in [7, 11) is 0. The first-order chi connectivity index (χ1) is 8.70. The third kappa shape index (κ3) is 2.95. The van der Waals surface area contributed by atoms with Crippen molar-refractivity contribution in [3.05, 3.63) is 28.4 Å². The van der Waals surface area contributed by atoms with E-state index in [1.165, 1.54) is 12.6 Å². The van der Waals surface area contributed by atoms with Gasteiger partial charge >= 0.3 is 0 Å². The molecule has 1 aromatic heterocycles. The first kappa shape index (κ1) is 12.8. The molecule has 4 N–H and O–H groups in total. The Morgan fingerprint density at radius 2 is 2.28 bits per heavy atom. The van der Waals surface area contributed by atoms with Gasteiger partial charge in [0, 0.05) is 12.2 Å². The van der Waals surface area contributed by atoms with Gasteiger partial charge in [-0.3, -0.25) is 9.59 Å². The number of carbonyl (C=O) groups is 1. The number of aromatic amines is 1. The molecule has 2 unspecified atom stereocenters. The van der Waals surface area contributed by atoms with Crippen LogP contribution in [0.15, 0.2) is 17.2 Å². The molecule has 6 nitrogen and oxygen atoms in total. The van der Waals surface area contributed by atoms with Crippen LogP contribution in [0.2, 0.25) is 0 Å². The van der Waals surface area contributed by atoms with E-state index in [9.17, 15) is 9.59 Å². The number of nitrogens with zero attached hydrogens (tertiary/aromatic N) is 1. The molecule has 1 amide bonds. The molecule has 2 rings (SSSR count). The lowest BCUT2D eigenvalue weighted by Gasteiger charge is -2.31. The summed E-state index contributed by atoms with van der Waals surface area (Å²) in [5.74, 6) is 0.0852. The summed E-state index contributed by atoms with van der Waals surface area (Å²) in [4.78, 5) is 29.1. The smallest absolute Gasteiger partial charge is 0.271 e. The van der Waals surface area contributed by atoms with Gasteiger partial charge in [-0.2, -0.15) is 0 Å². The van der Waals surface area contributed by atoms with Crippen molar-refractivity contribution >= 4 is 5.91 Å². The van der Waals surface area contributed by atoms with Crippen molar-refractivity contribution in [2.24, 2.45) is 11.7 Å². The van der Waals surface area contributed by atoms with Crippen molar-refractivity contribution in [1.29, 1.82) is 0 Å². The molecular formula is C12H18N4O2. The standard InChI is InChI=1S/C12H18N4O2/c13-5-8-3-1-2-4-9(8)16-12(18)10-6-15-11(17)7-14-10/h6-9H,1-5,13H2,(H,15,17)(H,16,18). The summed E-state index contributed by atoms with van der Waals surface area (Å²) in [6, 6.07) is 0.116. The molecule has 98 valence electrons. The third-order valence-electron chi connectivity index (χ3n) is 3.43. The predicted octanol–water partition coefficient (Wildman–Crippen LogP) is 0.0172. The van der Waals surface area contributed by atoms with Gasteiger partial charge in [0.15, 0.2) is 0 Å². The Morgan fingerprint density at radius 3 is 2.94 bits per heavy atom. The van der Waals surface area contributed by atoms with Crippen molar-refractivity contribution in [3.8, 4) is 0 Å². The molecule has 18 heavy (non-hydrogen) atoms. The average molecular weight is 250 g/mol. The maximum Gasteiger partial charge on any atom is 0.271 e. The quantitative estimate of drug-likeness (QED) is 0.703. The summed E-state index contributed by atoms with van der Waals surface area (Å²) in [6.07, 6.45) is 6.73. The Kier molecular flexibility index (Phi) is 4.09. The van der Waals surface area contributed by atoms with E-state index in [2.05, 4.69) is 15.3 Å². The monoisotopic (exact) mass is 250 g/mol. The Balaban J connectivity index is 2.01. The molecule has 0 bridgehead atoms. The number of nitrogens with two attached hydrogens (primary N) is 1. The van der Waals surface area contributed by atoms with Crippen molar-refractivity contribution in [2.45, 2.75) is 31.7 Å². The fraction of sp³-hybridized carbons (Fsp3) is 0.583. The van der Waals surface area contributed by atoms with Crippen LogP contribution in [0.1, 0.15) is 36.2 Å². The van der Waals surface area contributed by atoms with Gasteiger partial charge in [-0.1, -0.05) is 12.8 Å². The van der Waals surface area contributed by atoms with Crippen molar-refractivity contribution < 1.29 is 4.79 Å². The molecule has 1 saturated carbocycles. The lowest BCUT2D eigenvalue weighted by Crippen LogP contribution is -2.45. The number of amides is 1. The highest BCUT2D eigenvalue weighted by molar-refractivity contribution is 5.92. The maximum atomic E-state index is 11.9. The van der Waals surface area contributed by atoms with Crippen LogP contribution in [-0.2, 0) is 0 Å². The summed E-state index contributed by atoms with van der Waals surface area (Å²) in [5, 5.41) is 2.95. The molecule has 2 atom stereocenters. The molecule has 6 heteroatoms. The lowest BCUT2D eigenvalue weighted by molar-refractivity contribution is 0.0902. The number of carbonyl (C=O) groups excluding carboxylic acids is 1. The largest absolute Gasteiger partial charge is 0.348 e. The van der Waals surface area contributed by atoms with Crippen molar-refractivity contribution in [1.82, 2.24) is 15.3 Å². The van der Waals surface area contributed by atoms with Gasteiger partial charge < -0.3 is 16.0 Å². The molecule has 1 aromatic rings. The van der Waals surface area contributed by atoms with Gasteiger partial charge in [0.1, 0.15) is 5.69 Å². The molecular weight excluding hydrogens is 232 g/mol. The van der Waals surface area contributed by atoms with Gasteiger partial charge in [-0.15, -0.1) is 0 Å². The Hall–Kier alpha value is -1.69. The van der Waals surface area contributed by atoms with E-state index in [0.29, 0.717) is 12.5 Å². The Labute approximate surface area is 105 Å². The molecule has 0 saturated heterocycles. The highest BCUT2D eigenvalue weighted by Gasteiger charge is 2.25. The van der Waals surface area contributed by atoms with Crippen molar-refractivity contribution in [3.63, 3.8) is 0 Å². The first-order valence-corrected chi connectivity index (χ1v) is 6.26. The second kappa shape index (κ2) is 5.77. The summed E-state index contributed by atoms with van der Waals surface area (Å²) in [6.45, 7) is 0.587. The van der Waals surface area contributed by atoms with Crippen LogP contribution in [0.25, 0.3) is 0 Å². The SMILES string of the molecule is NCC1CCCCC1NC(=O)c1c[nH]c(=O)cn1. The Bertz CT molecular complexity index is 451. The minimum atomic E-state index is -0.316. The highest BCUT2D eigenvalue weighted by Crippen LogP contribution is 2.23. The van der Waals surface area contributed by atoms with Gasteiger partial charge in [0.25, 0.3) is 11.5 Å². The molecule has 1 heterocycles. The fourth-order valence-corrected chi connectivity index (χ4v) is 2.39. The van der Waals surface area contributed by atoms with E-state index in [1.54, 1.807) is 0 Å². The van der Waals surface area contributed by atoms with Crippen LogP contribution >= 0.6 is 0 Å². The molecule has 1 aliphatic carbocycles. The maximum absolute atomic E-state index is 11.9. The van der Waals surface area contributed by atoms with Crippen LogP contribution in [0.4, 0.5) is 0 Å². The molecule has 1 fully saturated rings. The zero-order chi connectivity index (χ0) is 13.0. The molecule has 1 aliphatic rings. The fourth-order valence-electron chi connectivity index (χ4n) is 2.39. The lowest BCUT2D eigenvalue weighted by atomic mass is 9.84. The summed E-state index contributed by atoms with van der Waals surface area (Å²) < 4.78 is 0. The minimum absolute atomic E-state index is 0.116. The van der Waals surface area contributed by atoms with Crippen LogP contribution in [0, 0.1) is 5.92 Å². The van der Waals surface area contributed by atoms with E-state index < -0.39 is 0 Å². The number of rotatable bonds is 3. The second-order valence-electron chi connectivity index (χ2n) is 4.66. The van der Waals surface area contributed by atoms with Gasteiger partial charge in [-0.25, -0.2) is 4.98 Å². The first-order valence-electron chi connectivity index (χ1n) is 6.26. The van der Waals surface area contributed by atoms with Crippen LogP contribution < -0.4 is 16.6 Å². The van der Waals surface area contributed by atoms with E-state index in [-0.39, 0.29) is 23.2 Å². The number of hydrogen-bond acceptors (Lipinski definition) is 4. The predicted molar refractivity (Wildman–Crippen MR) is 67.1 cm³/mol. The van der Waals surface area contributed by atoms with Gasteiger partial charge in [0.05, 0.1) is 6.20 Å². The summed E-state index contributed by atoms with van der Waals surface area (Å²) in [5.41, 5.74) is 5.63. The number of H-pyrrole nitrogens is 1. The number of nitrogens with one attached hydrogen (secondary N) is 2. The topological polar surface area (TPSA) is 101 Å². The molecule has 0 radical (unpaired) electrons. The van der Waals surface area contributed by atoms with Crippen molar-refractivity contribution in [2.75, 3.05) is 6.54 Å². The minimum Gasteiger partial charge on any atom is -0.348 e. The zero-order valence-corrected chi connectivity index (χ0v) is 10.2. The number of aromatic nitrogens is 2. The Morgan fingerprint density at radius 1 is 1.50 bits per heavy atom. The van der Waals surface area contributed by atoms with E-state index in [4.69, 9.17) is 5.73 Å².